The van der Waals surface area contributed by atoms with E-state index in [-0.39, 0.29) is 5.91 Å². The Kier molecular flexibility index (Phi) is 7.21. The average Bonchev–Trinajstić information content (AvgIpc) is 2.49. The molecule has 0 aliphatic heterocycles. The molecule has 0 heterocycles. The molecule has 5 nitrogen and oxygen atoms in total. The predicted octanol–water partition coefficient (Wildman–Crippen LogP) is 1.87. The van der Waals surface area contributed by atoms with Gasteiger partial charge in [-0.05, 0) is 30.2 Å². The van der Waals surface area contributed by atoms with Gasteiger partial charge in [0, 0.05) is 26.3 Å². The van der Waals surface area contributed by atoms with Crippen LogP contribution in [0.1, 0.15) is 12.0 Å². The fourth-order valence-corrected chi connectivity index (χ4v) is 1.62. The highest BCUT2D eigenvalue weighted by atomic mass is 16.5. The number of methoxy groups -OCH3 is 3. The fraction of sp³-hybridized carbons (Fsp3) is 0.400. The van der Waals surface area contributed by atoms with Gasteiger partial charge in [0.25, 0.3) is 0 Å². The Morgan fingerprint density at radius 2 is 1.95 bits per heavy atom. The van der Waals surface area contributed by atoms with Crippen molar-refractivity contribution in [2.24, 2.45) is 0 Å². The Bertz CT molecular complexity index is 457. The van der Waals surface area contributed by atoms with Crippen LogP contribution in [-0.4, -0.2) is 40.4 Å². The van der Waals surface area contributed by atoms with E-state index in [2.05, 4.69) is 5.32 Å². The highest BCUT2D eigenvalue weighted by Crippen LogP contribution is 2.27. The zero-order valence-corrected chi connectivity index (χ0v) is 12.1. The SMILES string of the molecule is COCCCNC(=O)/C=C/c1ccc(OC)c(OC)c1. The largest absolute Gasteiger partial charge is 0.493 e. The Labute approximate surface area is 119 Å². The smallest absolute Gasteiger partial charge is 0.244 e. The number of carbonyl (C=O) groups is 1. The third-order valence-corrected chi connectivity index (χ3v) is 2.66. The summed E-state index contributed by atoms with van der Waals surface area (Å²) in [4.78, 5) is 11.6. The number of amides is 1. The molecule has 0 atom stereocenters. The van der Waals surface area contributed by atoms with Crippen molar-refractivity contribution in [3.05, 3.63) is 29.8 Å². The molecule has 20 heavy (non-hydrogen) atoms. The van der Waals surface area contributed by atoms with Gasteiger partial charge in [-0.15, -0.1) is 0 Å². The van der Waals surface area contributed by atoms with E-state index in [1.165, 1.54) is 6.08 Å². The summed E-state index contributed by atoms with van der Waals surface area (Å²) >= 11 is 0. The number of carbonyl (C=O) groups excluding carboxylic acids is 1. The zero-order valence-electron chi connectivity index (χ0n) is 12.1. The van der Waals surface area contributed by atoms with Gasteiger partial charge in [0.15, 0.2) is 11.5 Å². The Morgan fingerprint density at radius 3 is 2.60 bits per heavy atom. The number of ether oxygens (including phenoxy) is 3. The van der Waals surface area contributed by atoms with Gasteiger partial charge in [0.1, 0.15) is 0 Å². The van der Waals surface area contributed by atoms with Crippen molar-refractivity contribution >= 4 is 12.0 Å². The van der Waals surface area contributed by atoms with E-state index < -0.39 is 0 Å². The van der Waals surface area contributed by atoms with Gasteiger partial charge in [0.05, 0.1) is 14.2 Å². The first-order valence-electron chi connectivity index (χ1n) is 6.38. The van der Waals surface area contributed by atoms with E-state index in [0.717, 1.165) is 12.0 Å². The van der Waals surface area contributed by atoms with Crippen LogP contribution < -0.4 is 14.8 Å². The number of benzene rings is 1. The van der Waals surface area contributed by atoms with Crippen LogP contribution in [-0.2, 0) is 9.53 Å². The lowest BCUT2D eigenvalue weighted by Crippen LogP contribution is -2.22. The lowest BCUT2D eigenvalue weighted by Gasteiger charge is -2.07. The molecule has 0 spiro atoms. The molecule has 0 radical (unpaired) electrons. The molecule has 1 aromatic carbocycles. The summed E-state index contributed by atoms with van der Waals surface area (Å²) in [6.45, 7) is 1.24. The third-order valence-electron chi connectivity index (χ3n) is 2.66. The average molecular weight is 279 g/mol. The molecule has 0 fully saturated rings. The van der Waals surface area contributed by atoms with Gasteiger partial charge in [0.2, 0.25) is 5.91 Å². The first-order chi connectivity index (χ1) is 9.71. The highest BCUT2D eigenvalue weighted by Gasteiger charge is 2.03. The first-order valence-corrected chi connectivity index (χ1v) is 6.38. The summed E-state index contributed by atoms with van der Waals surface area (Å²) < 4.78 is 15.3. The summed E-state index contributed by atoms with van der Waals surface area (Å²) in [6, 6.07) is 5.47. The predicted molar refractivity (Wildman–Crippen MR) is 78.1 cm³/mol. The van der Waals surface area contributed by atoms with Crippen LogP contribution in [0, 0.1) is 0 Å². The number of nitrogens with one attached hydrogen (secondary N) is 1. The molecule has 1 amide bonds. The van der Waals surface area contributed by atoms with Crippen LogP contribution in [0.4, 0.5) is 0 Å². The monoisotopic (exact) mass is 279 g/mol. The quantitative estimate of drug-likeness (QED) is 0.583. The van der Waals surface area contributed by atoms with Crippen LogP contribution in [0.3, 0.4) is 0 Å². The fourth-order valence-electron chi connectivity index (χ4n) is 1.62. The standard InChI is InChI=1S/C15H21NO4/c1-18-10-4-9-16-15(17)8-6-12-5-7-13(19-2)14(11-12)20-3/h5-8,11H,4,9-10H2,1-3H3,(H,16,17)/b8-6+. The molecule has 0 bridgehead atoms. The van der Waals surface area contributed by atoms with E-state index in [1.54, 1.807) is 33.5 Å². The molecule has 0 saturated carbocycles. The minimum Gasteiger partial charge on any atom is -0.493 e. The molecular weight excluding hydrogens is 258 g/mol. The second kappa shape index (κ2) is 8.98. The summed E-state index contributed by atoms with van der Waals surface area (Å²) in [7, 11) is 4.80. The molecule has 1 rings (SSSR count). The molecule has 1 N–H and O–H groups in total. The Morgan fingerprint density at radius 1 is 1.20 bits per heavy atom. The summed E-state index contributed by atoms with van der Waals surface area (Å²) in [6.07, 6.45) is 4.02. The van der Waals surface area contributed by atoms with Crippen molar-refractivity contribution in [2.45, 2.75) is 6.42 Å². The zero-order chi connectivity index (χ0) is 14.8. The second-order valence-corrected chi connectivity index (χ2v) is 4.09. The van der Waals surface area contributed by atoms with E-state index in [0.29, 0.717) is 24.7 Å². The number of hydrogen-bond acceptors (Lipinski definition) is 4. The van der Waals surface area contributed by atoms with Crippen LogP contribution in [0.15, 0.2) is 24.3 Å². The molecular formula is C15H21NO4. The minimum atomic E-state index is -0.129. The maximum atomic E-state index is 11.6. The molecule has 0 aromatic heterocycles. The Balaban J connectivity index is 2.54. The summed E-state index contributed by atoms with van der Waals surface area (Å²) in [5, 5.41) is 2.78. The van der Waals surface area contributed by atoms with Crippen LogP contribution in [0.25, 0.3) is 6.08 Å². The van der Waals surface area contributed by atoms with Crippen molar-refractivity contribution < 1.29 is 19.0 Å². The maximum Gasteiger partial charge on any atom is 0.244 e. The van der Waals surface area contributed by atoms with Crippen molar-refractivity contribution in [1.82, 2.24) is 5.32 Å². The molecule has 0 saturated heterocycles. The molecule has 1 aromatic rings. The van der Waals surface area contributed by atoms with E-state index in [1.807, 2.05) is 12.1 Å². The van der Waals surface area contributed by atoms with Gasteiger partial charge < -0.3 is 19.5 Å². The second-order valence-electron chi connectivity index (χ2n) is 4.09. The lowest BCUT2D eigenvalue weighted by molar-refractivity contribution is -0.116. The van der Waals surface area contributed by atoms with Gasteiger partial charge in [-0.3, -0.25) is 4.79 Å². The van der Waals surface area contributed by atoms with Crippen LogP contribution in [0.5, 0.6) is 11.5 Å². The number of hydrogen-bond donors (Lipinski definition) is 1. The van der Waals surface area contributed by atoms with Crippen molar-refractivity contribution in [3.63, 3.8) is 0 Å². The van der Waals surface area contributed by atoms with Gasteiger partial charge >= 0.3 is 0 Å². The molecule has 0 unspecified atom stereocenters. The molecule has 0 aliphatic rings. The minimum absolute atomic E-state index is 0.129. The first kappa shape index (κ1) is 16.0. The molecule has 110 valence electrons. The maximum absolute atomic E-state index is 11.6. The van der Waals surface area contributed by atoms with Gasteiger partial charge in [-0.25, -0.2) is 0 Å². The van der Waals surface area contributed by atoms with E-state index >= 15 is 0 Å². The van der Waals surface area contributed by atoms with Crippen LogP contribution >= 0.6 is 0 Å². The van der Waals surface area contributed by atoms with E-state index in [9.17, 15) is 4.79 Å². The number of rotatable bonds is 8. The van der Waals surface area contributed by atoms with Crippen molar-refractivity contribution in [1.29, 1.82) is 0 Å². The van der Waals surface area contributed by atoms with E-state index in [4.69, 9.17) is 14.2 Å². The summed E-state index contributed by atoms with van der Waals surface area (Å²) in [5.41, 5.74) is 0.870. The molecule has 5 heteroatoms. The van der Waals surface area contributed by atoms with Gasteiger partial charge in [-0.2, -0.15) is 0 Å². The third kappa shape index (κ3) is 5.32. The highest BCUT2D eigenvalue weighted by molar-refractivity contribution is 5.91. The van der Waals surface area contributed by atoms with Crippen LogP contribution in [0.2, 0.25) is 0 Å². The normalized spacial score (nSPS) is 10.6. The Hall–Kier alpha value is -2.01. The topological polar surface area (TPSA) is 56.8 Å². The summed E-state index contributed by atoms with van der Waals surface area (Å²) in [5.74, 6) is 1.17. The van der Waals surface area contributed by atoms with Crippen molar-refractivity contribution in [2.75, 3.05) is 34.5 Å². The van der Waals surface area contributed by atoms with Crippen molar-refractivity contribution in [3.8, 4) is 11.5 Å². The lowest BCUT2D eigenvalue weighted by atomic mass is 10.2. The van der Waals surface area contributed by atoms with Gasteiger partial charge in [-0.1, -0.05) is 6.07 Å². The molecule has 0 aliphatic carbocycles.